The van der Waals surface area contributed by atoms with Crippen LogP contribution in [0.25, 0.3) is 0 Å². The summed E-state index contributed by atoms with van der Waals surface area (Å²) < 4.78 is 66.7. The van der Waals surface area contributed by atoms with E-state index >= 15 is 0 Å². The molecule has 5 nitrogen and oxygen atoms in total. The third-order valence-corrected chi connectivity index (χ3v) is 2.75. The zero-order valence-electron chi connectivity index (χ0n) is 8.85. The molecule has 9 heteroatoms. The van der Waals surface area contributed by atoms with Gasteiger partial charge in [0.2, 0.25) is 5.75 Å². The number of rotatable bonds is 3. The van der Waals surface area contributed by atoms with E-state index in [1.807, 2.05) is 0 Å². The van der Waals surface area contributed by atoms with Gasteiger partial charge < -0.3 is 8.92 Å². The molecule has 0 heterocycles. The van der Waals surface area contributed by atoms with Crippen LogP contribution in [-0.2, 0) is 10.1 Å². The minimum Gasteiger partial charge on any atom is -0.493 e. The molecule has 18 heavy (non-hydrogen) atoms. The molecule has 0 saturated carbocycles. The number of halogens is 3. The summed E-state index contributed by atoms with van der Waals surface area (Å²) in [6, 6.07) is 5.09. The van der Waals surface area contributed by atoms with E-state index in [1.165, 1.54) is 18.2 Å². The van der Waals surface area contributed by atoms with Gasteiger partial charge in [-0.2, -0.15) is 26.9 Å². The Morgan fingerprint density at radius 3 is 2.39 bits per heavy atom. The first-order valence-electron chi connectivity index (χ1n) is 4.31. The maximum Gasteiger partial charge on any atom is 0.534 e. The van der Waals surface area contributed by atoms with Gasteiger partial charge in [-0.1, -0.05) is 6.07 Å². The summed E-state index contributed by atoms with van der Waals surface area (Å²) in [5.41, 5.74) is -5.97. The lowest BCUT2D eigenvalue weighted by atomic mass is 10.2. The van der Waals surface area contributed by atoms with Gasteiger partial charge in [0.25, 0.3) is 0 Å². The Balaban J connectivity index is 3.32. The van der Waals surface area contributed by atoms with E-state index < -0.39 is 21.4 Å². The third-order valence-electron chi connectivity index (χ3n) is 1.80. The molecule has 0 bridgehead atoms. The summed E-state index contributed by atoms with van der Waals surface area (Å²) in [5.74, 6) is -1.08. The first kappa shape index (κ1) is 14.1. The number of nitriles is 1. The molecule has 0 spiro atoms. The number of methoxy groups -OCH3 is 1. The largest absolute Gasteiger partial charge is 0.534 e. The second-order valence-electron chi connectivity index (χ2n) is 2.93. The molecule has 0 amide bonds. The number of para-hydroxylation sites is 1. The van der Waals surface area contributed by atoms with Crippen LogP contribution >= 0.6 is 0 Å². The standard InChI is InChI=1S/C9H6F3NO4S/c1-16-7-4-2-3-6(5-13)8(7)17-18(14,15)9(10,11)12/h2-4H,1H3. The molecule has 98 valence electrons. The van der Waals surface area contributed by atoms with Crippen molar-refractivity contribution < 1.29 is 30.5 Å². The van der Waals surface area contributed by atoms with Crippen molar-refractivity contribution in [2.45, 2.75) is 5.51 Å². The molecule has 0 N–H and O–H groups in total. The number of ether oxygens (including phenoxy) is 1. The van der Waals surface area contributed by atoms with Gasteiger partial charge in [-0.15, -0.1) is 0 Å². The van der Waals surface area contributed by atoms with E-state index in [4.69, 9.17) is 5.26 Å². The first-order chi connectivity index (χ1) is 8.23. The Morgan fingerprint density at radius 1 is 1.33 bits per heavy atom. The summed E-state index contributed by atoms with van der Waals surface area (Å²) in [5, 5.41) is 8.68. The fraction of sp³-hybridized carbons (Fsp3) is 0.222. The van der Waals surface area contributed by atoms with Crippen LogP contribution in [0.2, 0.25) is 0 Å². The number of nitrogens with zero attached hydrogens (tertiary/aromatic N) is 1. The van der Waals surface area contributed by atoms with Gasteiger partial charge in [0, 0.05) is 0 Å². The number of hydrogen-bond donors (Lipinski definition) is 0. The van der Waals surface area contributed by atoms with Crippen molar-refractivity contribution in [2.75, 3.05) is 7.11 Å². The first-order valence-corrected chi connectivity index (χ1v) is 5.71. The topological polar surface area (TPSA) is 76.4 Å². The number of alkyl halides is 3. The molecule has 0 atom stereocenters. The van der Waals surface area contributed by atoms with E-state index in [2.05, 4.69) is 8.92 Å². The zero-order valence-corrected chi connectivity index (χ0v) is 9.67. The van der Waals surface area contributed by atoms with Crippen LogP contribution in [0.3, 0.4) is 0 Å². The number of hydrogen-bond acceptors (Lipinski definition) is 5. The van der Waals surface area contributed by atoms with Crippen molar-refractivity contribution in [3.8, 4) is 17.6 Å². The van der Waals surface area contributed by atoms with E-state index in [0.29, 0.717) is 0 Å². The van der Waals surface area contributed by atoms with Crippen LogP contribution in [0.5, 0.6) is 11.5 Å². The molecular formula is C9H6F3NO4S. The average Bonchev–Trinajstić information content (AvgIpc) is 2.27. The lowest BCUT2D eigenvalue weighted by molar-refractivity contribution is -0.0500. The van der Waals surface area contributed by atoms with Crippen molar-refractivity contribution in [1.29, 1.82) is 5.26 Å². The van der Waals surface area contributed by atoms with Gasteiger partial charge in [0.1, 0.15) is 6.07 Å². The molecule has 0 saturated heterocycles. The van der Waals surface area contributed by atoms with Crippen LogP contribution in [0.1, 0.15) is 5.56 Å². The van der Waals surface area contributed by atoms with E-state index in [0.717, 1.165) is 13.2 Å². The van der Waals surface area contributed by atoms with Crippen molar-refractivity contribution in [3.63, 3.8) is 0 Å². The van der Waals surface area contributed by atoms with Gasteiger partial charge in [0.05, 0.1) is 12.7 Å². The second-order valence-corrected chi connectivity index (χ2v) is 4.47. The fourth-order valence-electron chi connectivity index (χ4n) is 1.01. The van der Waals surface area contributed by atoms with Crippen LogP contribution in [0.15, 0.2) is 18.2 Å². The summed E-state index contributed by atoms with van der Waals surface area (Å²) in [6.07, 6.45) is 0. The van der Waals surface area contributed by atoms with Crippen LogP contribution in [0.4, 0.5) is 13.2 Å². The number of benzene rings is 1. The highest BCUT2D eigenvalue weighted by Gasteiger charge is 2.49. The van der Waals surface area contributed by atoms with E-state index in [-0.39, 0.29) is 11.3 Å². The van der Waals surface area contributed by atoms with E-state index in [9.17, 15) is 21.6 Å². The minimum absolute atomic E-state index is 0.290. The molecule has 0 fully saturated rings. The molecule has 0 radical (unpaired) electrons. The summed E-state index contributed by atoms with van der Waals surface area (Å²) in [7, 11) is -4.75. The summed E-state index contributed by atoms with van der Waals surface area (Å²) in [4.78, 5) is 0. The molecular weight excluding hydrogens is 275 g/mol. The van der Waals surface area contributed by atoms with Gasteiger partial charge in [0.15, 0.2) is 5.75 Å². The Morgan fingerprint density at radius 2 is 1.94 bits per heavy atom. The van der Waals surface area contributed by atoms with Crippen molar-refractivity contribution >= 4 is 10.1 Å². The quantitative estimate of drug-likeness (QED) is 0.623. The highest BCUT2D eigenvalue weighted by atomic mass is 32.2. The lowest BCUT2D eigenvalue weighted by Crippen LogP contribution is -2.28. The molecule has 1 aromatic carbocycles. The van der Waals surface area contributed by atoms with Crippen molar-refractivity contribution in [2.24, 2.45) is 0 Å². The predicted molar refractivity (Wildman–Crippen MR) is 53.3 cm³/mol. The van der Waals surface area contributed by atoms with Gasteiger partial charge in [-0.3, -0.25) is 0 Å². The molecule has 0 aromatic heterocycles. The van der Waals surface area contributed by atoms with Crippen molar-refractivity contribution in [1.82, 2.24) is 0 Å². The van der Waals surface area contributed by atoms with Crippen LogP contribution < -0.4 is 8.92 Å². The normalized spacial score (nSPS) is 11.7. The Hall–Kier alpha value is -1.95. The maximum atomic E-state index is 12.2. The summed E-state index contributed by atoms with van der Waals surface area (Å²) in [6.45, 7) is 0. The Bertz CT molecular complexity index is 589. The zero-order chi connectivity index (χ0) is 14.0. The highest BCUT2D eigenvalue weighted by Crippen LogP contribution is 2.35. The lowest BCUT2D eigenvalue weighted by Gasteiger charge is -2.12. The second kappa shape index (κ2) is 4.73. The monoisotopic (exact) mass is 281 g/mol. The Kier molecular flexibility index (Phi) is 3.71. The summed E-state index contributed by atoms with van der Waals surface area (Å²) >= 11 is 0. The maximum absolute atomic E-state index is 12.2. The molecule has 1 rings (SSSR count). The fourth-order valence-corrected chi connectivity index (χ4v) is 1.49. The molecule has 1 aromatic rings. The third kappa shape index (κ3) is 2.65. The van der Waals surface area contributed by atoms with Gasteiger partial charge in [-0.25, -0.2) is 0 Å². The smallest absolute Gasteiger partial charge is 0.493 e. The Labute approximate surface area is 100 Å². The molecule has 0 aliphatic rings. The molecule has 0 aliphatic heterocycles. The predicted octanol–water partition coefficient (Wildman–Crippen LogP) is 1.80. The van der Waals surface area contributed by atoms with Gasteiger partial charge >= 0.3 is 15.6 Å². The van der Waals surface area contributed by atoms with Crippen LogP contribution in [-0.4, -0.2) is 21.0 Å². The van der Waals surface area contributed by atoms with Crippen molar-refractivity contribution in [3.05, 3.63) is 23.8 Å². The molecule has 0 unspecified atom stereocenters. The van der Waals surface area contributed by atoms with Gasteiger partial charge in [-0.05, 0) is 12.1 Å². The SMILES string of the molecule is COc1cccc(C#N)c1OS(=O)(=O)C(F)(F)F. The minimum atomic E-state index is -5.85. The highest BCUT2D eigenvalue weighted by molar-refractivity contribution is 7.88. The average molecular weight is 281 g/mol. The van der Waals surface area contributed by atoms with Crippen LogP contribution in [0, 0.1) is 11.3 Å². The van der Waals surface area contributed by atoms with E-state index in [1.54, 1.807) is 0 Å². The molecule has 0 aliphatic carbocycles.